The van der Waals surface area contributed by atoms with Crippen LogP contribution in [0.25, 0.3) is 0 Å². The van der Waals surface area contributed by atoms with Gasteiger partial charge in [0.15, 0.2) is 0 Å². The first-order chi connectivity index (χ1) is 18.8. The standard InChI is InChI=1S/C37H71N/c1-4-6-8-10-12-14-16-18-20-22-24-26-28-30-32-34-36-37(38-3)35-33-31-29-27-25-23-21-19-17-15-13-11-9-7-5-2/h12,14,17-20,37-38H,4-11,13,15-16,21-36H2,1-3H3/b14-12-,19-17-,20-18-. The Morgan fingerprint density at radius 2 is 0.711 bits per heavy atom. The second kappa shape index (κ2) is 34.2. The molecular weight excluding hydrogens is 458 g/mol. The molecule has 1 unspecified atom stereocenters. The maximum absolute atomic E-state index is 3.58. The largest absolute Gasteiger partial charge is 0.317 e. The predicted molar refractivity (Wildman–Crippen MR) is 176 cm³/mol. The molecule has 0 saturated heterocycles. The van der Waals surface area contributed by atoms with Crippen LogP contribution in [-0.4, -0.2) is 13.1 Å². The van der Waals surface area contributed by atoms with E-state index in [-0.39, 0.29) is 0 Å². The van der Waals surface area contributed by atoms with Crippen LogP contribution in [0.15, 0.2) is 36.5 Å². The average molecular weight is 530 g/mol. The van der Waals surface area contributed by atoms with E-state index in [1.165, 1.54) is 167 Å². The van der Waals surface area contributed by atoms with E-state index in [1.54, 1.807) is 0 Å². The summed E-state index contributed by atoms with van der Waals surface area (Å²) in [7, 11) is 2.17. The van der Waals surface area contributed by atoms with Gasteiger partial charge in [-0.05, 0) is 77.7 Å². The summed E-state index contributed by atoms with van der Waals surface area (Å²) in [5.41, 5.74) is 0. The van der Waals surface area contributed by atoms with Gasteiger partial charge >= 0.3 is 0 Å². The molecule has 1 atom stereocenters. The molecule has 0 aliphatic rings. The van der Waals surface area contributed by atoms with Crippen LogP contribution in [0.4, 0.5) is 0 Å². The number of nitrogens with one attached hydrogen (secondary N) is 1. The monoisotopic (exact) mass is 530 g/mol. The van der Waals surface area contributed by atoms with Crippen molar-refractivity contribution in [1.82, 2.24) is 5.32 Å². The molecule has 0 aliphatic carbocycles. The van der Waals surface area contributed by atoms with Gasteiger partial charge in [-0.25, -0.2) is 0 Å². The first-order valence-corrected chi connectivity index (χ1v) is 17.5. The summed E-state index contributed by atoms with van der Waals surface area (Å²) in [4.78, 5) is 0. The minimum Gasteiger partial charge on any atom is -0.317 e. The molecule has 0 amide bonds. The third kappa shape index (κ3) is 31.4. The van der Waals surface area contributed by atoms with Gasteiger partial charge < -0.3 is 5.32 Å². The lowest BCUT2D eigenvalue weighted by atomic mass is 10.00. The lowest BCUT2D eigenvalue weighted by Gasteiger charge is -2.16. The minimum atomic E-state index is 0.743. The van der Waals surface area contributed by atoms with Crippen molar-refractivity contribution < 1.29 is 0 Å². The number of allylic oxidation sites excluding steroid dienone is 6. The van der Waals surface area contributed by atoms with E-state index in [2.05, 4.69) is 62.7 Å². The maximum atomic E-state index is 3.58. The molecule has 0 spiro atoms. The van der Waals surface area contributed by atoms with Crippen molar-refractivity contribution in [3.05, 3.63) is 36.5 Å². The van der Waals surface area contributed by atoms with E-state index < -0.39 is 0 Å². The van der Waals surface area contributed by atoms with Crippen LogP contribution in [-0.2, 0) is 0 Å². The lowest BCUT2D eigenvalue weighted by molar-refractivity contribution is 0.435. The fraction of sp³-hybridized carbons (Fsp3) is 0.838. The van der Waals surface area contributed by atoms with Crippen LogP contribution < -0.4 is 5.32 Å². The second-order valence-electron chi connectivity index (χ2n) is 11.7. The number of hydrogen-bond donors (Lipinski definition) is 1. The topological polar surface area (TPSA) is 12.0 Å². The van der Waals surface area contributed by atoms with Gasteiger partial charge in [0.2, 0.25) is 0 Å². The van der Waals surface area contributed by atoms with Gasteiger partial charge in [0.05, 0.1) is 0 Å². The lowest BCUT2D eigenvalue weighted by Crippen LogP contribution is -2.24. The first-order valence-electron chi connectivity index (χ1n) is 17.5. The summed E-state index contributed by atoms with van der Waals surface area (Å²) in [6.45, 7) is 4.56. The summed E-state index contributed by atoms with van der Waals surface area (Å²) < 4.78 is 0. The molecule has 0 aromatic carbocycles. The van der Waals surface area contributed by atoms with Crippen molar-refractivity contribution in [2.75, 3.05) is 7.05 Å². The van der Waals surface area contributed by atoms with E-state index in [4.69, 9.17) is 0 Å². The zero-order valence-corrected chi connectivity index (χ0v) is 26.6. The Morgan fingerprint density at radius 1 is 0.395 bits per heavy atom. The van der Waals surface area contributed by atoms with Crippen LogP contribution in [0, 0.1) is 0 Å². The van der Waals surface area contributed by atoms with Gasteiger partial charge in [-0.1, -0.05) is 153 Å². The van der Waals surface area contributed by atoms with E-state index in [1.807, 2.05) is 0 Å². The molecule has 0 bridgehead atoms. The zero-order chi connectivity index (χ0) is 27.6. The highest BCUT2D eigenvalue weighted by molar-refractivity contribution is 4.92. The van der Waals surface area contributed by atoms with Gasteiger partial charge in [0, 0.05) is 6.04 Å². The Labute approximate surface area is 241 Å². The van der Waals surface area contributed by atoms with Crippen LogP contribution in [0.5, 0.6) is 0 Å². The summed E-state index contributed by atoms with van der Waals surface area (Å²) in [6.07, 6.45) is 51.3. The van der Waals surface area contributed by atoms with Crippen molar-refractivity contribution in [2.24, 2.45) is 0 Å². The van der Waals surface area contributed by atoms with Gasteiger partial charge in [-0.3, -0.25) is 0 Å². The fourth-order valence-electron chi connectivity index (χ4n) is 5.27. The summed E-state index contributed by atoms with van der Waals surface area (Å²) in [5.74, 6) is 0. The third-order valence-electron chi connectivity index (χ3n) is 7.98. The molecule has 224 valence electrons. The van der Waals surface area contributed by atoms with Gasteiger partial charge in [-0.15, -0.1) is 0 Å². The highest BCUT2D eigenvalue weighted by atomic mass is 14.9. The van der Waals surface area contributed by atoms with Crippen molar-refractivity contribution in [1.29, 1.82) is 0 Å². The van der Waals surface area contributed by atoms with Crippen molar-refractivity contribution in [3.8, 4) is 0 Å². The fourth-order valence-corrected chi connectivity index (χ4v) is 5.27. The summed E-state index contributed by atoms with van der Waals surface area (Å²) in [5, 5.41) is 3.58. The molecule has 0 fully saturated rings. The Hall–Kier alpha value is -0.820. The molecule has 0 aliphatic heterocycles. The normalized spacial score (nSPS) is 13.0. The molecule has 0 aromatic rings. The van der Waals surface area contributed by atoms with E-state index >= 15 is 0 Å². The van der Waals surface area contributed by atoms with Gasteiger partial charge in [0.25, 0.3) is 0 Å². The van der Waals surface area contributed by atoms with E-state index in [0.717, 1.165) is 12.5 Å². The van der Waals surface area contributed by atoms with Crippen molar-refractivity contribution in [3.63, 3.8) is 0 Å². The molecule has 0 radical (unpaired) electrons. The van der Waals surface area contributed by atoms with Crippen molar-refractivity contribution in [2.45, 2.75) is 193 Å². The summed E-state index contributed by atoms with van der Waals surface area (Å²) >= 11 is 0. The van der Waals surface area contributed by atoms with Crippen LogP contribution >= 0.6 is 0 Å². The highest BCUT2D eigenvalue weighted by Crippen LogP contribution is 2.15. The Kier molecular flexibility index (Phi) is 33.5. The van der Waals surface area contributed by atoms with Gasteiger partial charge in [0.1, 0.15) is 0 Å². The molecule has 0 saturated carbocycles. The second-order valence-corrected chi connectivity index (χ2v) is 11.7. The number of unbranched alkanes of at least 4 members (excludes halogenated alkanes) is 20. The quantitative estimate of drug-likeness (QED) is 0.0695. The van der Waals surface area contributed by atoms with E-state index in [0.29, 0.717) is 0 Å². The Bertz CT molecular complexity index is 503. The molecule has 0 rings (SSSR count). The molecule has 1 N–H and O–H groups in total. The number of hydrogen-bond acceptors (Lipinski definition) is 1. The Morgan fingerprint density at radius 3 is 1.13 bits per heavy atom. The zero-order valence-electron chi connectivity index (χ0n) is 26.6. The third-order valence-corrected chi connectivity index (χ3v) is 7.98. The number of rotatable bonds is 31. The Balaban J connectivity index is 3.38. The molecule has 0 aromatic heterocycles. The van der Waals surface area contributed by atoms with E-state index in [9.17, 15) is 0 Å². The minimum absolute atomic E-state index is 0.743. The maximum Gasteiger partial charge on any atom is 0.00640 e. The SMILES string of the molecule is CCCCC/C=C\C/C=C\CCCCCCCCC(CCCCCCCC/C=C\CCCCCCC)NC. The molecule has 0 heterocycles. The van der Waals surface area contributed by atoms with Crippen LogP contribution in [0.2, 0.25) is 0 Å². The van der Waals surface area contributed by atoms with Crippen LogP contribution in [0.3, 0.4) is 0 Å². The van der Waals surface area contributed by atoms with Crippen molar-refractivity contribution >= 4 is 0 Å². The molecule has 1 heteroatoms. The molecule has 1 nitrogen and oxygen atoms in total. The predicted octanol–water partition coefficient (Wildman–Crippen LogP) is 12.8. The van der Waals surface area contributed by atoms with Gasteiger partial charge in [-0.2, -0.15) is 0 Å². The molecule has 38 heavy (non-hydrogen) atoms. The first kappa shape index (κ1) is 37.2. The highest BCUT2D eigenvalue weighted by Gasteiger charge is 2.05. The van der Waals surface area contributed by atoms with Crippen LogP contribution in [0.1, 0.15) is 187 Å². The molecular formula is C37H71N. The summed E-state index contributed by atoms with van der Waals surface area (Å²) in [6, 6.07) is 0.743. The average Bonchev–Trinajstić information content (AvgIpc) is 2.93. The smallest absolute Gasteiger partial charge is 0.00640 e.